The van der Waals surface area contributed by atoms with Gasteiger partial charge in [0.2, 0.25) is 11.6 Å². The van der Waals surface area contributed by atoms with Gasteiger partial charge in [0.05, 0.1) is 38.9 Å². The highest BCUT2D eigenvalue weighted by molar-refractivity contribution is 5.96. The maximum atomic E-state index is 13.2. The second-order valence-electron chi connectivity index (χ2n) is 9.29. The van der Waals surface area contributed by atoms with Crippen molar-refractivity contribution in [1.29, 1.82) is 0 Å². The first-order chi connectivity index (χ1) is 18.3. The number of aromatic nitrogens is 2. The number of nitrogens with one attached hydrogen (secondary N) is 2. The SMILES string of the molecule is COc1cc(CNC(=O)c2nc(NC3CCCCC3N=C(N)N)c3cc(C)ccc3n2)cc(OC)c1OC. The molecule has 11 heteroatoms. The lowest BCUT2D eigenvalue weighted by molar-refractivity contribution is 0.0941. The number of methoxy groups -OCH3 is 3. The smallest absolute Gasteiger partial charge is 0.289 e. The van der Waals surface area contributed by atoms with Crippen LogP contribution in [0.25, 0.3) is 10.9 Å². The second-order valence-corrected chi connectivity index (χ2v) is 9.29. The number of aliphatic imine (C=N–C) groups is 1. The molecule has 202 valence electrons. The van der Waals surface area contributed by atoms with Crippen molar-refractivity contribution in [2.75, 3.05) is 26.6 Å². The first-order valence-electron chi connectivity index (χ1n) is 12.5. The van der Waals surface area contributed by atoms with E-state index in [-0.39, 0.29) is 30.4 Å². The van der Waals surface area contributed by atoms with Gasteiger partial charge in [0.15, 0.2) is 17.5 Å². The van der Waals surface area contributed by atoms with Gasteiger partial charge in [-0.2, -0.15) is 0 Å². The Morgan fingerprint density at radius 2 is 1.74 bits per heavy atom. The summed E-state index contributed by atoms with van der Waals surface area (Å²) in [5, 5.41) is 7.25. The van der Waals surface area contributed by atoms with Crippen LogP contribution in [0, 0.1) is 6.92 Å². The van der Waals surface area contributed by atoms with Crippen LogP contribution in [0.4, 0.5) is 5.82 Å². The number of guanidine groups is 1. The van der Waals surface area contributed by atoms with Crippen molar-refractivity contribution in [1.82, 2.24) is 15.3 Å². The molecule has 3 aromatic rings. The molecule has 1 aromatic heterocycles. The van der Waals surface area contributed by atoms with Gasteiger partial charge in [-0.3, -0.25) is 4.79 Å². The van der Waals surface area contributed by atoms with Crippen LogP contribution in [0.1, 0.15) is 47.4 Å². The Hall–Kier alpha value is -4.28. The van der Waals surface area contributed by atoms with Gasteiger partial charge < -0.3 is 36.3 Å². The van der Waals surface area contributed by atoms with Crippen molar-refractivity contribution in [3.63, 3.8) is 0 Å². The minimum atomic E-state index is -0.409. The number of aryl methyl sites for hydroxylation is 1. The molecular weight excluding hydrogens is 486 g/mol. The zero-order chi connectivity index (χ0) is 27.2. The molecule has 1 fully saturated rings. The number of carbonyl (C=O) groups excluding carboxylic acids is 1. The molecule has 0 radical (unpaired) electrons. The Kier molecular flexibility index (Phi) is 8.35. The number of amides is 1. The average molecular weight is 522 g/mol. The molecule has 2 aromatic carbocycles. The lowest BCUT2D eigenvalue weighted by Gasteiger charge is -2.30. The van der Waals surface area contributed by atoms with Crippen molar-refractivity contribution in [2.45, 2.75) is 51.2 Å². The van der Waals surface area contributed by atoms with E-state index in [4.69, 9.17) is 25.7 Å². The van der Waals surface area contributed by atoms with Crippen LogP contribution in [0.5, 0.6) is 17.2 Å². The Morgan fingerprint density at radius 3 is 2.39 bits per heavy atom. The number of fused-ring (bicyclic) bond motifs is 1. The summed E-state index contributed by atoms with van der Waals surface area (Å²) in [5.74, 6) is 1.79. The Labute approximate surface area is 222 Å². The van der Waals surface area contributed by atoms with Gasteiger partial charge in [-0.1, -0.05) is 24.5 Å². The quantitative estimate of drug-likeness (QED) is 0.245. The van der Waals surface area contributed by atoms with Crippen molar-refractivity contribution < 1.29 is 19.0 Å². The molecule has 0 saturated heterocycles. The molecule has 6 N–H and O–H groups in total. The van der Waals surface area contributed by atoms with Gasteiger partial charge in [0, 0.05) is 11.9 Å². The standard InChI is InChI=1S/C27H35N7O4/c1-15-9-10-18-17(11-15)24(32-19-7-5-6-8-20(19)33-27(28)29)34-25(31-18)26(35)30-14-16-12-21(36-2)23(38-4)22(13-16)37-3/h9-13,19-20H,5-8,14H2,1-4H3,(H,30,35)(H4,28,29,33)(H,31,32,34). The van der Waals surface area contributed by atoms with E-state index < -0.39 is 5.91 Å². The monoisotopic (exact) mass is 521 g/mol. The molecule has 4 rings (SSSR count). The third-order valence-corrected chi connectivity index (χ3v) is 6.60. The average Bonchev–Trinajstić information content (AvgIpc) is 2.91. The highest BCUT2D eigenvalue weighted by atomic mass is 16.5. The number of nitrogens with zero attached hydrogens (tertiary/aromatic N) is 3. The summed E-state index contributed by atoms with van der Waals surface area (Å²) in [5.41, 5.74) is 13.9. The van der Waals surface area contributed by atoms with E-state index in [9.17, 15) is 4.79 Å². The molecule has 1 aliphatic rings. The number of nitrogens with two attached hydrogens (primary N) is 2. The van der Waals surface area contributed by atoms with Gasteiger partial charge in [0.1, 0.15) is 5.82 Å². The van der Waals surface area contributed by atoms with Gasteiger partial charge >= 0.3 is 0 Å². The van der Waals surface area contributed by atoms with Gasteiger partial charge in [-0.15, -0.1) is 0 Å². The maximum Gasteiger partial charge on any atom is 0.289 e. The van der Waals surface area contributed by atoms with Crippen LogP contribution < -0.4 is 36.3 Å². The fourth-order valence-corrected chi connectivity index (χ4v) is 4.75. The predicted octanol–water partition coefficient (Wildman–Crippen LogP) is 2.89. The summed E-state index contributed by atoms with van der Waals surface area (Å²) >= 11 is 0. The molecule has 1 amide bonds. The number of carbonyl (C=O) groups is 1. The Bertz CT molecular complexity index is 1320. The normalized spacial score (nSPS) is 16.9. The second kappa shape index (κ2) is 11.8. The number of anilines is 1. The van der Waals surface area contributed by atoms with Crippen molar-refractivity contribution in [3.8, 4) is 17.2 Å². The lowest BCUT2D eigenvalue weighted by atomic mass is 9.90. The van der Waals surface area contributed by atoms with Crippen LogP contribution in [0.15, 0.2) is 35.3 Å². The molecule has 0 aliphatic heterocycles. The van der Waals surface area contributed by atoms with Crippen molar-refractivity contribution in [3.05, 3.63) is 47.3 Å². The van der Waals surface area contributed by atoms with Gasteiger partial charge in [-0.05, 0) is 49.6 Å². The van der Waals surface area contributed by atoms with Crippen LogP contribution in [-0.2, 0) is 6.54 Å². The molecular formula is C27H35N7O4. The third kappa shape index (κ3) is 5.99. The zero-order valence-corrected chi connectivity index (χ0v) is 22.2. The summed E-state index contributed by atoms with van der Waals surface area (Å²) in [6.45, 7) is 2.22. The summed E-state index contributed by atoms with van der Waals surface area (Å²) < 4.78 is 16.2. The van der Waals surface area contributed by atoms with E-state index >= 15 is 0 Å². The third-order valence-electron chi connectivity index (χ3n) is 6.60. The molecule has 38 heavy (non-hydrogen) atoms. The minimum absolute atomic E-state index is 0.0143. The van der Waals surface area contributed by atoms with Crippen molar-refractivity contribution >= 4 is 28.6 Å². The number of hydrogen-bond donors (Lipinski definition) is 4. The number of benzene rings is 2. The largest absolute Gasteiger partial charge is 0.493 e. The minimum Gasteiger partial charge on any atom is -0.493 e. The molecule has 11 nitrogen and oxygen atoms in total. The summed E-state index contributed by atoms with van der Waals surface area (Å²) in [4.78, 5) is 26.8. The maximum absolute atomic E-state index is 13.2. The van der Waals surface area contributed by atoms with Crippen LogP contribution in [0.3, 0.4) is 0 Å². The van der Waals surface area contributed by atoms with Gasteiger partial charge in [-0.25, -0.2) is 15.0 Å². The number of rotatable bonds is 9. The fraction of sp³-hybridized carbons (Fsp3) is 0.407. The molecule has 2 atom stereocenters. The van der Waals surface area contributed by atoms with Crippen molar-refractivity contribution in [2.24, 2.45) is 16.5 Å². The van der Waals surface area contributed by atoms with E-state index in [1.54, 1.807) is 33.5 Å². The predicted molar refractivity (Wildman–Crippen MR) is 147 cm³/mol. The summed E-state index contributed by atoms with van der Waals surface area (Å²) in [6, 6.07) is 9.34. The zero-order valence-electron chi connectivity index (χ0n) is 22.2. The first-order valence-corrected chi connectivity index (χ1v) is 12.5. The van der Waals surface area contributed by atoms with Crippen LogP contribution in [0.2, 0.25) is 0 Å². The van der Waals surface area contributed by atoms with E-state index in [1.165, 1.54) is 0 Å². The Balaban J connectivity index is 1.61. The fourth-order valence-electron chi connectivity index (χ4n) is 4.75. The summed E-state index contributed by atoms with van der Waals surface area (Å²) in [6.07, 6.45) is 3.87. The molecule has 0 spiro atoms. The van der Waals surface area contributed by atoms with E-state index in [0.717, 1.165) is 42.2 Å². The highest BCUT2D eigenvalue weighted by Crippen LogP contribution is 2.38. The van der Waals surface area contributed by atoms with Crippen LogP contribution in [-0.4, -0.2) is 55.2 Å². The first kappa shape index (κ1) is 26.8. The molecule has 1 heterocycles. The lowest BCUT2D eigenvalue weighted by Crippen LogP contribution is -2.38. The highest BCUT2D eigenvalue weighted by Gasteiger charge is 2.26. The Morgan fingerprint density at radius 1 is 1.03 bits per heavy atom. The van der Waals surface area contributed by atoms with E-state index in [2.05, 4.69) is 25.6 Å². The molecule has 1 saturated carbocycles. The van der Waals surface area contributed by atoms with E-state index in [0.29, 0.717) is 28.6 Å². The van der Waals surface area contributed by atoms with Gasteiger partial charge in [0.25, 0.3) is 5.91 Å². The molecule has 1 aliphatic carbocycles. The summed E-state index contributed by atoms with van der Waals surface area (Å²) in [7, 11) is 4.63. The molecule has 0 bridgehead atoms. The number of hydrogen-bond acceptors (Lipinski definition) is 8. The van der Waals surface area contributed by atoms with E-state index in [1.807, 2.05) is 25.1 Å². The van der Waals surface area contributed by atoms with Crippen LogP contribution >= 0.6 is 0 Å². The molecule has 2 unspecified atom stereocenters. The number of ether oxygens (including phenoxy) is 3. The topological polar surface area (TPSA) is 159 Å².